The van der Waals surface area contributed by atoms with Crippen molar-refractivity contribution in [3.8, 4) is 0 Å². The van der Waals surface area contributed by atoms with E-state index < -0.39 is 0 Å². The van der Waals surface area contributed by atoms with E-state index in [-0.39, 0.29) is 18.0 Å². The molecule has 0 aromatic heterocycles. The first-order valence-electron chi connectivity index (χ1n) is 8.97. The molecule has 0 unspecified atom stereocenters. The van der Waals surface area contributed by atoms with Gasteiger partial charge in [-0.1, -0.05) is 18.9 Å². The maximum atomic E-state index is 12.4. The van der Waals surface area contributed by atoms with Crippen LogP contribution in [0.25, 0.3) is 0 Å². The Morgan fingerprint density at radius 1 is 1.08 bits per heavy atom. The number of benzene rings is 1. The van der Waals surface area contributed by atoms with E-state index in [1.165, 1.54) is 24.0 Å². The number of hydrogen-bond acceptors (Lipinski definition) is 2. The maximum absolute atomic E-state index is 12.4. The monoisotopic (exact) mass is 329 g/mol. The van der Waals surface area contributed by atoms with Gasteiger partial charge in [-0.15, -0.1) is 0 Å². The molecule has 0 bridgehead atoms. The van der Waals surface area contributed by atoms with Crippen LogP contribution in [-0.4, -0.2) is 42.5 Å². The molecule has 1 atom stereocenters. The number of amides is 3. The zero-order valence-electron chi connectivity index (χ0n) is 14.7. The van der Waals surface area contributed by atoms with E-state index >= 15 is 0 Å². The van der Waals surface area contributed by atoms with Gasteiger partial charge >= 0.3 is 6.03 Å². The molecule has 1 aromatic rings. The van der Waals surface area contributed by atoms with Gasteiger partial charge in [-0.05, 0) is 49.9 Å². The molecule has 24 heavy (non-hydrogen) atoms. The van der Waals surface area contributed by atoms with Gasteiger partial charge in [0, 0.05) is 31.7 Å². The fourth-order valence-electron chi connectivity index (χ4n) is 3.49. The van der Waals surface area contributed by atoms with Crippen molar-refractivity contribution in [3.05, 3.63) is 29.3 Å². The number of aryl methyl sites for hydroxylation is 2. The van der Waals surface area contributed by atoms with E-state index in [2.05, 4.69) is 19.2 Å². The Kier molecular flexibility index (Phi) is 5.07. The van der Waals surface area contributed by atoms with Crippen LogP contribution < -0.4 is 10.2 Å². The number of hydrogen-bond donors (Lipinski definition) is 1. The van der Waals surface area contributed by atoms with Gasteiger partial charge in [-0.2, -0.15) is 0 Å². The molecule has 1 N–H and O–H groups in total. The highest BCUT2D eigenvalue weighted by Gasteiger charge is 2.32. The van der Waals surface area contributed by atoms with Crippen LogP contribution in [-0.2, 0) is 4.79 Å². The third-order valence-electron chi connectivity index (χ3n) is 5.15. The van der Waals surface area contributed by atoms with Gasteiger partial charge < -0.3 is 15.1 Å². The lowest BCUT2D eigenvalue weighted by Crippen LogP contribution is -2.46. The average molecular weight is 329 g/mol. The van der Waals surface area contributed by atoms with Crippen LogP contribution in [0.2, 0.25) is 0 Å². The number of likely N-dealkylation sites (tertiary alicyclic amines) is 1. The highest BCUT2D eigenvalue weighted by Crippen LogP contribution is 2.24. The first kappa shape index (κ1) is 16.8. The standard InChI is InChI=1S/C19H27N3O2/c1-14-7-8-17(11-15(14)2)22-13-16(12-18(22)23)20-19(24)21-9-5-3-4-6-10-21/h7-8,11,16H,3-6,9-10,12-13H2,1-2H3,(H,20,24)/t16-/m1/s1. The molecule has 0 saturated carbocycles. The summed E-state index contributed by atoms with van der Waals surface area (Å²) in [7, 11) is 0. The zero-order valence-corrected chi connectivity index (χ0v) is 14.7. The second-order valence-corrected chi connectivity index (χ2v) is 7.02. The molecule has 5 heteroatoms. The summed E-state index contributed by atoms with van der Waals surface area (Å²) in [6, 6.07) is 5.96. The Morgan fingerprint density at radius 2 is 1.79 bits per heavy atom. The maximum Gasteiger partial charge on any atom is 0.317 e. The fraction of sp³-hybridized carbons (Fsp3) is 0.579. The third-order valence-corrected chi connectivity index (χ3v) is 5.15. The van der Waals surface area contributed by atoms with Gasteiger partial charge in [0.05, 0.1) is 6.04 Å². The van der Waals surface area contributed by atoms with Gasteiger partial charge in [-0.3, -0.25) is 4.79 Å². The summed E-state index contributed by atoms with van der Waals surface area (Å²) in [4.78, 5) is 28.5. The molecule has 130 valence electrons. The topological polar surface area (TPSA) is 52.7 Å². The number of nitrogens with one attached hydrogen (secondary N) is 1. The van der Waals surface area contributed by atoms with Gasteiger partial charge in [-0.25, -0.2) is 4.79 Å². The second-order valence-electron chi connectivity index (χ2n) is 7.02. The highest BCUT2D eigenvalue weighted by atomic mass is 16.2. The molecule has 5 nitrogen and oxygen atoms in total. The molecule has 2 aliphatic heterocycles. The van der Waals surface area contributed by atoms with E-state index in [1.807, 2.05) is 23.1 Å². The van der Waals surface area contributed by atoms with Gasteiger partial charge in [0.1, 0.15) is 0 Å². The highest BCUT2D eigenvalue weighted by molar-refractivity contribution is 5.96. The minimum absolute atomic E-state index is 0.0170. The molecule has 3 amide bonds. The number of carbonyl (C=O) groups is 2. The molecule has 0 aliphatic carbocycles. The average Bonchev–Trinajstić information content (AvgIpc) is 2.77. The van der Waals surface area contributed by atoms with Crippen molar-refractivity contribution in [2.45, 2.75) is 52.0 Å². The Morgan fingerprint density at radius 3 is 2.46 bits per heavy atom. The lowest BCUT2D eigenvalue weighted by atomic mass is 10.1. The predicted molar refractivity (Wildman–Crippen MR) is 95.2 cm³/mol. The Hall–Kier alpha value is -2.04. The number of anilines is 1. The number of urea groups is 1. The molecule has 2 heterocycles. The SMILES string of the molecule is Cc1ccc(N2C[C@H](NC(=O)N3CCCCCC3)CC2=O)cc1C. The minimum Gasteiger partial charge on any atom is -0.333 e. The van der Waals surface area contributed by atoms with Crippen molar-refractivity contribution in [1.29, 1.82) is 0 Å². The van der Waals surface area contributed by atoms with Crippen LogP contribution in [0.3, 0.4) is 0 Å². The van der Waals surface area contributed by atoms with E-state index in [4.69, 9.17) is 0 Å². The minimum atomic E-state index is -0.102. The summed E-state index contributed by atoms with van der Waals surface area (Å²) in [5.74, 6) is 0.0828. The molecular weight excluding hydrogens is 302 g/mol. The van der Waals surface area contributed by atoms with E-state index in [9.17, 15) is 9.59 Å². The third kappa shape index (κ3) is 3.71. The number of rotatable bonds is 2. The van der Waals surface area contributed by atoms with Gasteiger partial charge in [0.25, 0.3) is 0 Å². The molecule has 1 aromatic carbocycles. The van der Waals surface area contributed by atoms with Crippen LogP contribution in [0.4, 0.5) is 10.5 Å². The fourth-order valence-corrected chi connectivity index (χ4v) is 3.49. The first-order chi connectivity index (χ1) is 11.5. The predicted octanol–water partition coefficient (Wildman–Crippen LogP) is 2.99. The van der Waals surface area contributed by atoms with Crippen LogP contribution in [0.1, 0.15) is 43.2 Å². The van der Waals surface area contributed by atoms with Crippen molar-refractivity contribution >= 4 is 17.6 Å². The largest absolute Gasteiger partial charge is 0.333 e. The first-order valence-corrected chi connectivity index (χ1v) is 8.97. The molecule has 3 rings (SSSR count). The van der Waals surface area contributed by atoms with Crippen LogP contribution in [0.15, 0.2) is 18.2 Å². The molecule has 2 saturated heterocycles. The molecule has 0 radical (unpaired) electrons. The molecular formula is C19H27N3O2. The smallest absolute Gasteiger partial charge is 0.317 e. The summed E-state index contributed by atoms with van der Waals surface area (Å²) >= 11 is 0. The quantitative estimate of drug-likeness (QED) is 0.907. The number of carbonyl (C=O) groups excluding carboxylic acids is 2. The summed E-state index contributed by atoms with van der Waals surface area (Å²) in [6.07, 6.45) is 4.93. The number of nitrogens with zero attached hydrogens (tertiary/aromatic N) is 2. The lowest BCUT2D eigenvalue weighted by Gasteiger charge is -2.23. The molecule has 0 spiro atoms. The van der Waals surface area contributed by atoms with Crippen molar-refractivity contribution < 1.29 is 9.59 Å². The van der Waals surface area contributed by atoms with Crippen LogP contribution >= 0.6 is 0 Å². The van der Waals surface area contributed by atoms with E-state index in [1.54, 1.807) is 4.90 Å². The summed E-state index contributed by atoms with van der Waals surface area (Å²) in [6.45, 7) is 6.33. The van der Waals surface area contributed by atoms with Crippen molar-refractivity contribution in [2.75, 3.05) is 24.5 Å². The summed E-state index contributed by atoms with van der Waals surface area (Å²) in [5, 5.41) is 3.06. The van der Waals surface area contributed by atoms with Gasteiger partial charge in [0.2, 0.25) is 5.91 Å². The summed E-state index contributed by atoms with van der Waals surface area (Å²) in [5.41, 5.74) is 3.32. The normalized spacial score (nSPS) is 21.8. The van der Waals surface area contributed by atoms with E-state index in [0.717, 1.165) is 31.6 Å². The second kappa shape index (κ2) is 7.24. The van der Waals surface area contributed by atoms with Crippen LogP contribution in [0.5, 0.6) is 0 Å². The van der Waals surface area contributed by atoms with Crippen LogP contribution in [0, 0.1) is 13.8 Å². The zero-order chi connectivity index (χ0) is 17.1. The Bertz CT molecular complexity index is 621. The van der Waals surface area contributed by atoms with Gasteiger partial charge in [0.15, 0.2) is 0 Å². The Labute approximate surface area is 144 Å². The van der Waals surface area contributed by atoms with Crippen molar-refractivity contribution in [3.63, 3.8) is 0 Å². The lowest BCUT2D eigenvalue weighted by molar-refractivity contribution is -0.117. The Balaban J connectivity index is 1.61. The summed E-state index contributed by atoms with van der Waals surface area (Å²) < 4.78 is 0. The molecule has 2 aliphatic rings. The van der Waals surface area contributed by atoms with E-state index in [0.29, 0.717) is 13.0 Å². The van der Waals surface area contributed by atoms with Crippen molar-refractivity contribution in [2.24, 2.45) is 0 Å². The van der Waals surface area contributed by atoms with Crippen molar-refractivity contribution in [1.82, 2.24) is 10.2 Å². The molecule has 2 fully saturated rings.